The van der Waals surface area contributed by atoms with Gasteiger partial charge in [0.2, 0.25) is 0 Å². The zero-order valence-electron chi connectivity index (χ0n) is 13.8. The van der Waals surface area contributed by atoms with Crippen molar-refractivity contribution < 1.29 is 19.4 Å². The van der Waals surface area contributed by atoms with Crippen LogP contribution in [0.15, 0.2) is 17.1 Å². The van der Waals surface area contributed by atoms with E-state index in [1.54, 1.807) is 6.92 Å². The molecule has 0 radical (unpaired) electrons. The number of rotatable bonds is 4. The molecule has 1 aliphatic heterocycles. The Labute approximate surface area is 143 Å². The molecule has 1 aliphatic carbocycles. The van der Waals surface area contributed by atoms with Crippen LogP contribution in [0.4, 0.5) is 10.1 Å². The van der Waals surface area contributed by atoms with E-state index >= 15 is 0 Å². The first kappa shape index (κ1) is 16.1. The number of aryl methyl sites for hydroxylation is 1. The van der Waals surface area contributed by atoms with Crippen LogP contribution < -0.4 is 10.5 Å². The fourth-order valence-electron chi connectivity index (χ4n) is 3.76. The summed E-state index contributed by atoms with van der Waals surface area (Å²) in [5.74, 6) is -1.49. The lowest BCUT2D eigenvalue weighted by atomic mass is 9.97. The number of aliphatic hydroxyl groups excluding tert-OH is 1. The number of hydrogen-bond donors (Lipinski definition) is 2. The van der Waals surface area contributed by atoms with Gasteiger partial charge in [-0.3, -0.25) is 9.20 Å². The van der Waals surface area contributed by atoms with Crippen molar-refractivity contribution in [2.45, 2.75) is 25.7 Å². The first-order chi connectivity index (χ1) is 11.9. The fourth-order valence-corrected chi connectivity index (χ4v) is 3.76. The summed E-state index contributed by atoms with van der Waals surface area (Å²) < 4.78 is 15.9. The maximum atomic E-state index is 14.7. The van der Waals surface area contributed by atoms with Crippen LogP contribution >= 0.6 is 0 Å². The summed E-state index contributed by atoms with van der Waals surface area (Å²) in [6.07, 6.45) is 2.98. The van der Waals surface area contributed by atoms with Crippen molar-refractivity contribution in [1.82, 2.24) is 4.40 Å². The van der Waals surface area contributed by atoms with Crippen molar-refractivity contribution in [3.05, 3.63) is 45.1 Å². The van der Waals surface area contributed by atoms with Gasteiger partial charge in [-0.25, -0.2) is 9.18 Å². The van der Waals surface area contributed by atoms with E-state index in [4.69, 9.17) is 0 Å². The molecule has 0 amide bonds. The van der Waals surface area contributed by atoms with E-state index in [0.717, 1.165) is 29.0 Å². The van der Waals surface area contributed by atoms with Crippen LogP contribution in [-0.4, -0.2) is 40.3 Å². The van der Waals surface area contributed by atoms with Gasteiger partial charge in [0.05, 0.1) is 17.4 Å². The normalized spacial score (nSPS) is 17.8. The molecule has 1 saturated carbocycles. The topological polar surface area (TPSA) is 82.2 Å². The van der Waals surface area contributed by atoms with Crippen molar-refractivity contribution in [3.8, 4) is 0 Å². The summed E-state index contributed by atoms with van der Waals surface area (Å²) in [7, 11) is 0. The molecule has 7 heteroatoms. The van der Waals surface area contributed by atoms with Gasteiger partial charge in [-0.2, -0.15) is 0 Å². The van der Waals surface area contributed by atoms with Crippen molar-refractivity contribution in [1.29, 1.82) is 0 Å². The fraction of sp³-hybridized carbons (Fsp3) is 0.444. The Morgan fingerprint density at radius 3 is 2.60 bits per heavy atom. The van der Waals surface area contributed by atoms with Crippen LogP contribution in [0, 0.1) is 18.7 Å². The number of carbonyl (C=O) groups is 1. The lowest BCUT2D eigenvalue weighted by Gasteiger charge is -2.41. The molecular weight excluding hydrogens is 327 g/mol. The molecule has 0 unspecified atom stereocenters. The standard InChI is InChI=1S/C18H19FN2O4/c1-9-15-12(11-2-3-11)4-13(18(24)25)17(23)21(15)7-14(19)16(9)20-5-10(6-20)8-22/h4,7,10-11,22H,2-3,5-6,8H2,1H3,(H,24,25). The predicted molar refractivity (Wildman–Crippen MR) is 90.1 cm³/mol. The average molecular weight is 346 g/mol. The maximum Gasteiger partial charge on any atom is 0.341 e. The van der Waals surface area contributed by atoms with Gasteiger partial charge in [-0.05, 0) is 42.9 Å². The molecule has 6 nitrogen and oxygen atoms in total. The van der Waals surface area contributed by atoms with Gasteiger partial charge in [-0.1, -0.05) is 0 Å². The molecule has 0 aromatic carbocycles. The lowest BCUT2D eigenvalue weighted by molar-refractivity contribution is 0.0694. The van der Waals surface area contributed by atoms with E-state index in [9.17, 15) is 24.2 Å². The van der Waals surface area contributed by atoms with Gasteiger partial charge in [0.15, 0.2) is 5.82 Å². The number of aliphatic hydroxyl groups is 1. The maximum absolute atomic E-state index is 14.7. The highest BCUT2D eigenvalue weighted by Crippen LogP contribution is 2.44. The van der Waals surface area contributed by atoms with E-state index in [1.807, 2.05) is 4.90 Å². The monoisotopic (exact) mass is 346 g/mol. The van der Waals surface area contributed by atoms with Crippen LogP contribution in [0.5, 0.6) is 0 Å². The number of anilines is 1. The summed E-state index contributed by atoms with van der Waals surface area (Å²) in [6, 6.07) is 1.46. The molecule has 25 heavy (non-hydrogen) atoms. The molecule has 2 aromatic rings. The highest BCUT2D eigenvalue weighted by molar-refractivity contribution is 5.89. The third-order valence-corrected chi connectivity index (χ3v) is 5.22. The van der Waals surface area contributed by atoms with Crippen LogP contribution in [0.25, 0.3) is 5.52 Å². The minimum Gasteiger partial charge on any atom is -0.477 e. The van der Waals surface area contributed by atoms with E-state index < -0.39 is 17.3 Å². The van der Waals surface area contributed by atoms with Gasteiger partial charge in [0, 0.05) is 25.6 Å². The van der Waals surface area contributed by atoms with Gasteiger partial charge >= 0.3 is 5.97 Å². The Kier molecular flexibility index (Phi) is 3.57. The Bertz CT molecular complexity index is 942. The second-order valence-electron chi connectivity index (χ2n) is 7.02. The number of pyridine rings is 2. The number of carboxylic acids is 1. The molecule has 2 fully saturated rings. The van der Waals surface area contributed by atoms with Crippen molar-refractivity contribution in [2.24, 2.45) is 5.92 Å². The number of carboxylic acid groups (broad SMARTS) is 1. The molecule has 3 heterocycles. The second kappa shape index (κ2) is 5.56. The quantitative estimate of drug-likeness (QED) is 0.881. The van der Waals surface area contributed by atoms with E-state index in [1.165, 1.54) is 6.07 Å². The molecule has 2 N–H and O–H groups in total. The molecule has 2 aliphatic rings. The van der Waals surface area contributed by atoms with Crippen LogP contribution in [0.3, 0.4) is 0 Å². The highest BCUT2D eigenvalue weighted by atomic mass is 19.1. The van der Waals surface area contributed by atoms with E-state index in [-0.39, 0.29) is 24.0 Å². The molecule has 132 valence electrons. The second-order valence-corrected chi connectivity index (χ2v) is 7.02. The summed E-state index contributed by atoms with van der Waals surface area (Å²) in [6.45, 7) is 2.98. The molecule has 1 saturated heterocycles. The van der Waals surface area contributed by atoms with Crippen LogP contribution in [0.1, 0.15) is 40.2 Å². The molecule has 0 atom stereocenters. The highest BCUT2D eigenvalue weighted by Gasteiger charge is 2.33. The summed E-state index contributed by atoms with van der Waals surface area (Å²) >= 11 is 0. The number of fused-ring (bicyclic) bond motifs is 1. The van der Waals surface area contributed by atoms with Gasteiger partial charge in [0.1, 0.15) is 5.56 Å². The minimum atomic E-state index is -1.29. The first-order valence-corrected chi connectivity index (χ1v) is 8.39. The number of halogens is 1. The largest absolute Gasteiger partial charge is 0.477 e. The van der Waals surface area contributed by atoms with Gasteiger partial charge in [0.25, 0.3) is 5.56 Å². The molecular formula is C18H19FN2O4. The Balaban J connectivity index is 1.97. The summed E-state index contributed by atoms with van der Waals surface area (Å²) in [4.78, 5) is 25.8. The average Bonchev–Trinajstić information content (AvgIpc) is 3.34. The predicted octanol–water partition coefficient (Wildman–Crippen LogP) is 1.75. The summed E-state index contributed by atoms with van der Waals surface area (Å²) in [5.41, 5.74) is 1.46. The third-order valence-electron chi connectivity index (χ3n) is 5.22. The first-order valence-electron chi connectivity index (χ1n) is 8.39. The van der Waals surface area contributed by atoms with Crippen molar-refractivity contribution >= 4 is 17.2 Å². The molecule has 4 rings (SSSR count). The van der Waals surface area contributed by atoms with E-state index in [0.29, 0.717) is 29.9 Å². The SMILES string of the molecule is Cc1c(N2CC(CO)C2)c(F)cn2c(=O)c(C(=O)O)cc(C3CC3)c12. The zero-order valence-corrected chi connectivity index (χ0v) is 13.8. The number of nitrogens with zero attached hydrogens (tertiary/aromatic N) is 2. The van der Waals surface area contributed by atoms with Gasteiger partial charge < -0.3 is 15.1 Å². The molecule has 0 spiro atoms. The molecule has 0 bridgehead atoms. The van der Waals surface area contributed by atoms with Crippen LogP contribution in [-0.2, 0) is 0 Å². The zero-order chi connectivity index (χ0) is 17.9. The van der Waals surface area contributed by atoms with Crippen molar-refractivity contribution in [3.63, 3.8) is 0 Å². The Morgan fingerprint density at radius 2 is 2.04 bits per heavy atom. The Hall–Kier alpha value is -2.41. The third kappa shape index (κ3) is 2.41. The number of aromatic nitrogens is 1. The van der Waals surface area contributed by atoms with Crippen molar-refractivity contribution in [2.75, 3.05) is 24.6 Å². The summed E-state index contributed by atoms with van der Waals surface area (Å²) in [5, 5.41) is 18.5. The smallest absolute Gasteiger partial charge is 0.341 e. The van der Waals surface area contributed by atoms with Gasteiger partial charge in [-0.15, -0.1) is 0 Å². The number of aromatic carboxylic acids is 1. The Morgan fingerprint density at radius 1 is 1.36 bits per heavy atom. The van der Waals surface area contributed by atoms with Crippen LogP contribution in [0.2, 0.25) is 0 Å². The number of hydrogen-bond acceptors (Lipinski definition) is 4. The van der Waals surface area contributed by atoms with E-state index in [2.05, 4.69) is 0 Å². The lowest BCUT2D eigenvalue weighted by Crippen LogP contribution is -2.49. The minimum absolute atomic E-state index is 0.0690. The molecule has 2 aromatic heterocycles.